The van der Waals surface area contributed by atoms with Crippen molar-refractivity contribution >= 4 is 5.78 Å². The van der Waals surface area contributed by atoms with Crippen molar-refractivity contribution in [1.82, 2.24) is 0 Å². The van der Waals surface area contributed by atoms with Crippen molar-refractivity contribution in [3.8, 4) is 0 Å². The Morgan fingerprint density at radius 2 is 1.62 bits per heavy atom. The molecule has 0 aromatic heterocycles. The zero-order valence-corrected chi connectivity index (χ0v) is 9.60. The molecular formula is C12H17F3O. The van der Waals surface area contributed by atoms with Crippen LogP contribution in [0.2, 0.25) is 0 Å². The maximum atomic E-state index is 12.4. The van der Waals surface area contributed by atoms with Crippen LogP contribution in [0.5, 0.6) is 0 Å². The molecule has 0 N–H and O–H groups in total. The Morgan fingerprint density at radius 3 is 2.00 bits per heavy atom. The van der Waals surface area contributed by atoms with E-state index in [1.807, 2.05) is 13.8 Å². The highest BCUT2D eigenvalue weighted by Crippen LogP contribution is 2.39. The molecule has 0 radical (unpaired) electrons. The van der Waals surface area contributed by atoms with Gasteiger partial charge < -0.3 is 0 Å². The first-order chi connectivity index (χ1) is 7.30. The molecule has 0 heterocycles. The van der Waals surface area contributed by atoms with Crippen LogP contribution in [0.15, 0.2) is 11.6 Å². The maximum absolute atomic E-state index is 12.4. The molecule has 0 bridgehead atoms. The Hall–Kier alpha value is -0.800. The van der Waals surface area contributed by atoms with Crippen LogP contribution in [-0.4, -0.2) is 12.0 Å². The third kappa shape index (κ3) is 3.65. The second-order valence-corrected chi connectivity index (χ2v) is 4.71. The second kappa shape index (κ2) is 5.02. The minimum Gasteiger partial charge on any atom is -0.295 e. The summed E-state index contributed by atoms with van der Waals surface area (Å²) in [5.74, 6) is -1.42. The summed E-state index contributed by atoms with van der Waals surface area (Å²) in [6.07, 6.45) is -1.63. The molecule has 16 heavy (non-hydrogen) atoms. The molecule has 0 amide bonds. The van der Waals surface area contributed by atoms with Crippen molar-refractivity contribution in [2.45, 2.75) is 45.7 Å². The maximum Gasteiger partial charge on any atom is 0.391 e. The molecule has 0 aliphatic heterocycles. The van der Waals surface area contributed by atoms with Crippen molar-refractivity contribution in [3.63, 3.8) is 0 Å². The highest BCUT2D eigenvalue weighted by Gasteiger charge is 2.42. The van der Waals surface area contributed by atoms with Gasteiger partial charge in [-0.2, -0.15) is 13.2 Å². The van der Waals surface area contributed by atoms with Crippen LogP contribution in [0.3, 0.4) is 0 Å². The summed E-state index contributed by atoms with van der Waals surface area (Å²) in [6, 6.07) is 0. The SMILES string of the molecule is CC(C)=CC(=O)C1CCC(C(F)(F)F)CC1. The predicted octanol–water partition coefficient (Wildman–Crippen LogP) is 3.89. The fraction of sp³-hybridized carbons (Fsp3) is 0.750. The van der Waals surface area contributed by atoms with E-state index in [0.717, 1.165) is 5.57 Å². The quantitative estimate of drug-likeness (QED) is 0.662. The zero-order valence-electron chi connectivity index (χ0n) is 9.60. The first-order valence-electron chi connectivity index (χ1n) is 5.56. The second-order valence-electron chi connectivity index (χ2n) is 4.71. The molecule has 1 saturated carbocycles. The van der Waals surface area contributed by atoms with Gasteiger partial charge in [0.25, 0.3) is 0 Å². The minimum absolute atomic E-state index is 0.0133. The number of ketones is 1. The van der Waals surface area contributed by atoms with E-state index < -0.39 is 12.1 Å². The van der Waals surface area contributed by atoms with Crippen LogP contribution in [0.25, 0.3) is 0 Å². The fourth-order valence-corrected chi connectivity index (χ4v) is 2.11. The Bertz CT molecular complexity index is 279. The van der Waals surface area contributed by atoms with E-state index in [4.69, 9.17) is 0 Å². The van der Waals surface area contributed by atoms with E-state index in [-0.39, 0.29) is 24.5 Å². The fourth-order valence-electron chi connectivity index (χ4n) is 2.11. The van der Waals surface area contributed by atoms with Gasteiger partial charge in [0.1, 0.15) is 0 Å². The lowest BCUT2D eigenvalue weighted by Crippen LogP contribution is -2.29. The molecule has 1 aliphatic carbocycles. The Balaban J connectivity index is 2.50. The van der Waals surface area contributed by atoms with Crippen molar-refractivity contribution in [2.24, 2.45) is 11.8 Å². The van der Waals surface area contributed by atoms with Gasteiger partial charge in [-0.25, -0.2) is 0 Å². The van der Waals surface area contributed by atoms with Crippen LogP contribution in [0, 0.1) is 11.8 Å². The number of halogens is 3. The first kappa shape index (κ1) is 13.3. The molecule has 4 heteroatoms. The van der Waals surface area contributed by atoms with Crippen LogP contribution in [-0.2, 0) is 4.79 Å². The smallest absolute Gasteiger partial charge is 0.295 e. The van der Waals surface area contributed by atoms with Gasteiger partial charge in [0.15, 0.2) is 5.78 Å². The first-order valence-corrected chi connectivity index (χ1v) is 5.56. The number of alkyl halides is 3. The average molecular weight is 234 g/mol. The minimum atomic E-state index is -4.09. The third-order valence-corrected chi connectivity index (χ3v) is 3.02. The van der Waals surface area contributed by atoms with E-state index in [9.17, 15) is 18.0 Å². The molecule has 0 aromatic rings. The lowest BCUT2D eigenvalue weighted by molar-refractivity contribution is -0.184. The molecule has 0 aromatic carbocycles. The number of allylic oxidation sites excluding steroid dienone is 2. The predicted molar refractivity (Wildman–Crippen MR) is 55.9 cm³/mol. The van der Waals surface area contributed by atoms with Gasteiger partial charge in [-0.15, -0.1) is 0 Å². The Labute approximate surface area is 93.7 Å². The number of carbonyl (C=O) groups is 1. The lowest BCUT2D eigenvalue weighted by atomic mass is 9.79. The van der Waals surface area contributed by atoms with Crippen molar-refractivity contribution in [1.29, 1.82) is 0 Å². The van der Waals surface area contributed by atoms with Crippen LogP contribution in [0.4, 0.5) is 13.2 Å². The van der Waals surface area contributed by atoms with E-state index in [1.165, 1.54) is 0 Å². The molecule has 0 atom stereocenters. The summed E-state index contributed by atoms with van der Waals surface area (Å²) >= 11 is 0. The molecule has 1 nitrogen and oxygen atoms in total. The van der Waals surface area contributed by atoms with Gasteiger partial charge in [-0.3, -0.25) is 4.79 Å². The Kier molecular flexibility index (Phi) is 4.16. The molecule has 0 saturated heterocycles. The molecular weight excluding hydrogens is 217 g/mol. The van der Waals surface area contributed by atoms with Gasteiger partial charge in [-0.05, 0) is 45.6 Å². The Morgan fingerprint density at radius 1 is 1.12 bits per heavy atom. The zero-order chi connectivity index (χ0) is 12.3. The van der Waals surface area contributed by atoms with Gasteiger partial charge in [0, 0.05) is 5.92 Å². The van der Waals surface area contributed by atoms with E-state index in [1.54, 1.807) is 6.08 Å². The molecule has 0 unspecified atom stereocenters. The number of hydrogen-bond acceptors (Lipinski definition) is 1. The summed E-state index contributed by atoms with van der Waals surface area (Å²) in [4.78, 5) is 11.6. The van der Waals surface area contributed by atoms with Crippen molar-refractivity contribution < 1.29 is 18.0 Å². The summed E-state index contributed by atoms with van der Waals surface area (Å²) in [5.41, 5.74) is 0.906. The average Bonchev–Trinajstić information content (AvgIpc) is 2.15. The number of hydrogen-bond donors (Lipinski definition) is 0. The summed E-state index contributed by atoms with van der Waals surface area (Å²) in [5, 5.41) is 0. The van der Waals surface area contributed by atoms with Crippen molar-refractivity contribution in [2.75, 3.05) is 0 Å². The largest absolute Gasteiger partial charge is 0.391 e. The van der Waals surface area contributed by atoms with Crippen LogP contribution < -0.4 is 0 Å². The standard InChI is InChI=1S/C12H17F3O/c1-8(2)7-11(16)9-3-5-10(6-4-9)12(13,14)15/h7,9-10H,3-6H2,1-2H3. The number of carbonyl (C=O) groups excluding carboxylic acids is 1. The third-order valence-electron chi connectivity index (χ3n) is 3.02. The number of rotatable bonds is 2. The topological polar surface area (TPSA) is 17.1 Å². The summed E-state index contributed by atoms with van der Waals surface area (Å²) < 4.78 is 37.1. The monoisotopic (exact) mass is 234 g/mol. The van der Waals surface area contributed by atoms with Gasteiger partial charge >= 0.3 is 6.18 Å². The molecule has 0 spiro atoms. The highest BCUT2D eigenvalue weighted by atomic mass is 19.4. The molecule has 1 rings (SSSR count). The highest BCUT2D eigenvalue weighted by molar-refractivity contribution is 5.92. The lowest BCUT2D eigenvalue weighted by Gasteiger charge is -2.28. The summed E-state index contributed by atoms with van der Waals surface area (Å²) in [6.45, 7) is 3.64. The van der Waals surface area contributed by atoms with Gasteiger partial charge in [0.05, 0.1) is 5.92 Å². The van der Waals surface area contributed by atoms with E-state index in [2.05, 4.69) is 0 Å². The molecule has 1 fully saturated rings. The van der Waals surface area contributed by atoms with E-state index in [0.29, 0.717) is 12.8 Å². The normalized spacial score (nSPS) is 26.3. The van der Waals surface area contributed by atoms with Crippen LogP contribution >= 0.6 is 0 Å². The summed E-state index contributed by atoms with van der Waals surface area (Å²) in [7, 11) is 0. The van der Waals surface area contributed by atoms with Crippen molar-refractivity contribution in [3.05, 3.63) is 11.6 Å². The van der Waals surface area contributed by atoms with Gasteiger partial charge in [-0.1, -0.05) is 5.57 Å². The van der Waals surface area contributed by atoms with Crippen LogP contribution in [0.1, 0.15) is 39.5 Å². The molecule has 1 aliphatic rings. The van der Waals surface area contributed by atoms with Gasteiger partial charge in [0.2, 0.25) is 0 Å². The molecule has 92 valence electrons. The van der Waals surface area contributed by atoms with E-state index >= 15 is 0 Å².